The van der Waals surface area contributed by atoms with Gasteiger partial charge in [0, 0.05) is 29.9 Å². The molecule has 0 aliphatic carbocycles. The molecule has 0 saturated carbocycles. The molecule has 33 heavy (non-hydrogen) atoms. The number of amides is 2. The molecule has 3 aromatic rings. The van der Waals surface area contributed by atoms with Crippen LogP contribution in [0.2, 0.25) is 0 Å². The van der Waals surface area contributed by atoms with Crippen molar-refractivity contribution in [2.45, 2.75) is 31.2 Å². The van der Waals surface area contributed by atoms with Crippen molar-refractivity contribution in [1.82, 2.24) is 5.32 Å². The van der Waals surface area contributed by atoms with Crippen molar-refractivity contribution in [3.8, 4) is 0 Å². The highest BCUT2D eigenvalue weighted by Gasteiger charge is 2.15. The second-order valence-electron chi connectivity index (χ2n) is 7.32. The first kappa shape index (κ1) is 23.9. The average Bonchev–Trinajstić information content (AvgIpc) is 2.79. The molecular weight excluding hydrogens is 445 g/mol. The maximum Gasteiger partial charge on any atom is 0.261 e. The first-order valence-corrected chi connectivity index (χ1v) is 11.8. The molecule has 3 aromatic carbocycles. The Balaban J connectivity index is 1.60. The Bertz CT molecular complexity index is 1230. The van der Waals surface area contributed by atoms with Crippen molar-refractivity contribution in [1.29, 1.82) is 0 Å². The standard InChI is InChI=1S/C24H24FN3O4S/c1-2-4-23(29)27-21-6-3-5-17(15-21)16-26-24(30)18-7-13-22(14-8-18)33(31,32)28-20-11-9-19(25)10-12-20/h3,5-15,28H,2,4,16H2,1H3,(H,26,30)(H,27,29). The molecule has 0 unspecified atom stereocenters. The Morgan fingerprint density at radius 1 is 0.909 bits per heavy atom. The number of rotatable bonds is 9. The lowest BCUT2D eigenvalue weighted by Gasteiger charge is -2.10. The van der Waals surface area contributed by atoms with E-state index in [1.165, 1.54) is 36.4 Å². The Morgan fingerprint density at radius 3 is 2.27 bits per heavy atom. The van der Waals surface area contributed by atoms with Gasteiger partial charge in [-0.2, -0.15) is 0 Å². The van der Waals surface area contributed by atoms with Gasteiger partial charge in [0.2, 0.25) is 5.91 Å². The van der Waals surface area contributed by atoms with E-state index in [-0.39, 0.29) is 28.9 Å². The first-order chi connectivity index (χ1) is 15.8. The summed E-state index contributed by atoms with van der Waals surface area (Å²) < 4.78 is 40.3. The molecule has 0 aliphatic heterocycles. The van der Waals surface area contributed by atoms with E-state index in [2.05, 4.69) is 15.4 Å². The van der Waals surface area contributed by atoms with Gasteiger partial charge in [0.1, 0.15) is 5.82 Å². The molecule has 7 nitrogen and oxygen atoms in total. The van der Waals surface area contributed by atoms with Crippen LogP contribution < -0.4 is 15.4 Å². The van der Waals surface area contributed by atoms with Crippen LogP contribution in [0.5, 0.6) is 0 Å². The smallest absolute Gasteiger partial charge is 0.261 e. The molecule has 172 valence electrons. The lowest BCUT2D eigenvalue weighted by molar-refractivity contribution is -0.116. The Kier molecular flexibility index (Phi) is 7.78. The predicted molar refractivity (Wildman–Crippen MR) is 125 cm³/mol. The minimum absolute atomic E-state index is 0.0288. The number of anilines is 2. The van der Waals surface area contributed by atoms with Crippen LogP contribution in [0.4, 0.5) is 15.8 Å². The van der Waals surface area contributed by atoms with E-state index < -0.39 is 15.8 Å². The molecule has 0 atom stereocenters. The van der Waals surface area contributed by atoms with Gasteiger partial charge in [-0.25, -0.2) is 12.8 Å². The lowest BCUT2D eigenvalue weighted by Crippen LogP contribution is -2.23. The molecule has 0 aromatic heterocycles. The van der Waals surface area contributed by atoms with Gasteiger partial charge in [0.15, 0.2) is 0 Å². The summed E-state index contributed by atoms with van der Waals surface area (Å²) in [5.41, 5.74) is 1.98. The van der Waals surface area contributed by atoms with Gasteiger partial charge in [-0.3, -0.25) is 14.3 Å². The molecular formula is C24H24FN3O4S. The highest BCUT2D eigenvalue weighted by atomic mass is 32.2. The summed E-state index contributed by atoms with van der Waals surface area (Å²) in [5.74, 6) is -0.908. The van der Waals surface area contributed by atoms with Gasteiger partial charge in [-0.05, 0) is 72.6 Å². The normalized spacial score (nSPS) is 11.0. The van der Waals surface area contributed by atoms with Crippen molar-refractivity contribution < 1.29 is 22.4 Å². The Hall–Kier alpha value is -3.72. The van der Waals surface area contributed by atoms with Gasteiger partial charge in [-0.15, -0.1) is 0 Å². The maximum absolute atomic E-state index is 13.0. The van der Waals surface area contributed by atoms with Crippen molar-refractivity contribution in [2.24, 2.45) is 0 Å². The summed E-state index contributed by atoms with van der Waals surface area (Å²) in [4.78, 5) is 24.2. The molecule has 0 spiro atoms. The van der Waals surface area contributed by atoms with E-state index in [0.29, 0.717) is 17.7 Å². The number of halogens is 1. The fourth-order valence-electron chi connectivity index (χ4n) is 3.01. The average molecular weight is 470 g/mol. The largest absolute Gasteiger partial charge is 0.348 e. The fraction of sp³-hybridized carbons (Fsp3) is 0.167. The third-order valence-corrected chi connectivity index (χ3v) is 6.06. The zero-order valence-corrected chi connectivity index (χ0v) is 18.8. The van der Waals surface area contributed by atoms with Crippen LogP contribution >= 0.6 is 0 Å². The second kappa shape index (κ2) is 10.7. The Labute approximate surface area is 192 Å². The van der Waals surface area contributed by atoms with Crippen molar-refractivity contribution in [3.05, 3.63) is 89.7 Å². The third kappa shape index (κ3) is 6.88. The molecule has 2 amide bonds. The topological polar surface area (TPSA) is 104 Å². The van der Waals surface area contributed by atoms with Gasteiger partial charge < -0.3 is 10.6 Å². The van der Waals surface area contributed by atoms with Gasteiger partial charge in [0.25, 0.3) is 15.9 Å². The monoisotopic (exact) mass is 469 g/mol. The summed E-state index contributed by atoms with van der Waals surface area (Å²) in [6.07, 6.45) is 1.19. The second-order valence-corrected chi connectivity index (χ2v) is 9.00. The summed E-state index contributed by atoms with van der Waals surface area (Å²) in [5, 5.41) is 5.58. The summed E-state index contributed by atoms with van der Waals surface area (Å²) in [6, 6.07) is 17.6. The van der Waals surface area contributed by atoms with Crippen LogP contribution in [0, 0.1) is 5.82 Å². The van der Waals surface area contributed by atoms with E-state index in [4.69, 9.17) is 0 Å². The number of carbonyl (C=O) groups excluding carboxylic acids is 2. The molecule has 0 heterocycles. The predicted octanol–water partition coefficient (Wildman–Crippen LogP) is 4.30. The van der Waals surface area contributed by atoms with Crippen molar-refractivity contribution in [2.75, 3.05) is 10.0 Å². The van der Waals surface area contributed by atoms with Gasteiger partial charge in [-0.1, -0.05) is 19.1 Å². The van der Waals surface area contributed by atoms with Crippen LogP contribution in [-0.2, 0) is 21.4 Å². The molecule has 3 N–H and O–H groups in total. The van der Waals surface area contributed by atoms with Gasteiger partial charge >= 0.3 is 0 Å². The van der Waals surface area contributed by atoms with Crippen LogP contribution in [0.3, 0.4) is 0 Å². The number of nitrogens with one attached hydrogen (secondary N) is 3. The van der Waals surface area contributed by atoms with E-state index >= 15 is 0 Å². The molecule has 0 aliphatic rings. The summed E-state index contributed by atoms with van der Waals surface area (Å²) in [6.45, 7) is 2.16. The molecule has 3 rings (SSSR count). The zero-order valence-electron chi connectivity index (χ0n) is 18.0. The first-order valence-electron chi connectivity index (χ1n) is 10.3. The Morgan fingerprint density at radius 2 is 1.61 bits per heavy atom. The molecule has 0 saturated heterocycles. The fourth-order valence-corrected chi connectivity index (χ4v) is 4.07. The minimum Gasteiger partial charge on any atom is -0.348 e. The van der Waals surface area contributed by atoms with Gasteiger partial charge in [0.05, 0.1) is 4.90 Å². The molecule has 0 radical (unpaired) electrons. The van der Waals surface area contributed by atoms with Crippen LogP contribution in [0.15, 0.2) is 77.7 Å². The number of carbonyl (C=O) groups is 2. The summed E-state index contributed by atoms with van der Waals surface area (Å²) >= 11 is 0. The minimum atomic E-state index is -3.88. The molecule has 0 fully saturated rings. The lowest BCUT2D eigenvalue weighted by atomic mass is 10.1. The number of hydrogen-bond donors (Lipinski definition) is 3. The van der Waals surface area contributed by atoms with Crippen molar-refractivity contribution >= 4 is 33.2 Å². The SMILES string of the molecule is CCCC(=O)Nc1cccc(CNC(=O)c2ccc(S(=O)(=O)Nc3ccc(F)cc3)cc2)c1. The van der Waals surface area contributed by atoms with Crippen LogP contribution in [-0.4, -0.2) is 20.2 Å². The van der Waals surface area contributed by atoms with E-state index in [1.54, 1.807) is 18.2 Å². The van der Waals surface area contributed by atoms with E-state index in [9.17, 15) is 22.4 Å². The number of sulfonamides is 1. The van der Waals surface area contributed by atoms with Crippen LogP contribution in [0.25, 0.3) is 0 Å². The van der Waals surface area contributed by atoms with Crippen molar-refractivity contribution in [3.63, 3.8) is 0 Å². The van der Waals surface area contributed by atoms with E-state index in [0.717, 1.165) is 24.1 Å². The third-order valence-electron chi connectivity index (χ3n) is 4.66. The number of benzene rings is 3. The highest BCUT2D eigenvalue weighted by molar-refractivity contribution is 7.92. The quantitative estimate of drug-likeness (QED) is 0.435. The molecule has 9 heteroatoms. The zero-order chi connectivity index (χ0) is 23.8. The maximum atomic E-state index is 13.0. The van der Waals surface area contributed by atoms with E-state index in [1.807, 2.05) is 13.0 Å². The summed E-state index contributed by atoms with van der Waals surface area (Å²) in [7, 11) is -3.88. The molecule has 0 bridgehead atoms. The highest BCUT2D eigenvalue weighted by Crippen LogP contribution is 2.17. The van der Waals surface area contributed by atoms with Crippen LogP contribution in [0.1, 0.15) is 35.7 Å². The number of hydrogen-bond acceptors (Lipinski definition) is 4.